The highest BCUT2D eigenvalue weighted by Crippen LogP contribution is 2.25. The first kappa shape index (κ1) is 19.1. The summed E-state index contributed by atoms with van der Waals surface area (Å²) >= 11 is 6.08. The van der Waals surface area contributed by atoms with Gasteiger partial charge in [0.25, 0.3) is 0 Å². The SMILES string of the molecule is CCN(CC(=O)Nc1ccccc1OC)Cc1cc(Cl)ccc1OC. The van der Waals surface area contributed by atoms with E-state index in [1.165, 1.54) is 0 Å². The summed E-state index contributed by atoms with van der Waals surface area (Å²) in [7, 11) is 3.20. The molecule has 0 aliphatic carbocycles. The van der Waals surface area contributed by atoms with E-state index in [1.807, 2.05) is 48.2 Å². The van der Waals surface area contributed by atoms with Gasteiger partial charge in [-0.15, -0.1) is 0 Å². The van der Waals surface area contributed by atoms with Crippen molar-refractivity contribution in [3.05, 3.63) is 53.1 Å². The highest BCUT2D eigenvalue weighted by atomic mass is 35.5. The van der Waals surface area contributed by atoms with Crippen LogP contribution in [0.5, 0.6) is 11.5 Å². The van der Waals surface area contributed by atoms with E-state index in [4.69, 9.17) is 21.1 Å². The van der Waals surface area contributed by atoms with Gasteiger partial charge >= 0.3 is 0 Å². The van der Waals surface area contributed by atoms with Gasteiger partial charge in [-0.3, -0.25) is 9.69 Å². The second-order valence-corrected chi connectivity index (χ2v) is 5.94. The number of anilines is 1. The zero-order valence-corrected chi connectivity index (χ0v) is 15.5. The Morgan fingerprint density at radius 3 is 2.52 bits per heavy atom. The summed E-state index contributed by atoms with van der Waals surface area (Å²) in [5.74, 6) is 1.29. The third-order valence-corrected chi connectivity index (χ3v) is 4.07. The molecule has 0 aliphatic rings. The van der Waals surface area contributed by atoms with Crippen molar-refractivity contribution in [1.82, 2.24) is 4.90 Å². The maximum Gasteiger partial charge on any atom is 0.238 e. The molecule has 0 aromatic heterocycles. The number of nitrogens with one attached hydrogen (secondary N) is 1. The maximum absolute atomic E-state index is 12.4. The molecule has 0 saturated carbocycles. The number of carbonyl (C=O) groups is 1. The van der Waals surface area contributed by atoms with Crippen LogP contribution in [0.2, 0.25) is 5.02 Å². The van der Waals surface area contributed by atoms with Crippen LogP contribution < -0.4 is 14.8 Å². The highest BCUT2D eigenvalue weighted by molar-refractivity contribution is 6.30. The summed E-state index contributed by atoms with van der Waals surface area (Å²) in [6, 6.07) is 12.8. The van der Waals surface area contributed by atoms with Crippen molar-refractivity contribution in [2.75, 3.05) is 32.6 Å². The molecular formula is C19H23ClN2O3. The van der Waals surface area contributed by atoms with Crippen LogP contribution in [0, 0.1) is 0 Å². The van der Waals surface area contributed by atoms with Crippen molar-refractivity contribution in [2.45, 2.75) is 13.5 Å². The number of rotatable bonds is 8. The summed E-state index contributed by atoms with van der Waals surface area (Å²) in [6.07, 6.45) is 0. The van der Waals surface area contributed by atoms with Gasteiger partial charge in [0.05, 0.1) is 26.5 Å². The smallest absolute Gasteiger partial charge is 0.238 e. The standard InChI is InChI=1S/C19H23ClN2O3/c1-4-22(12-14-11-15(20)9-10-17(14)24-2)13-19(23)21-16-7-5-6-8-18(16)25-3/h5-11H,4,12-13H2,1-3H3,(H,21,23). The zero-order chi connectivity index (χ0) is 18.2. The van der Waals surface area contributed by atoms with E-state index < -0.39 is 0 Å². The van der Waals surface area contributed by atoms with Crippen LogP contribution in [-0.2, 0) is 11.3 Å². The monoisotopic (exact) mass is 362 g/mol. The molecule has 0 saturated heterocycles. The summed E-state index contributed by atoms with van der Waals surface area (Å²) < 4.78 is 10.6. The lowest BCUT2D eigenvalue weighted by atomic mass is 10.2. The van der Waals surface area contributed by atoms with Crippen LogP contribution in [0.15, 0.2) is 42.5 Å². The molecule has 134 valence electrons. The third-order valence-electron chi connectivity index (χ3n) is 3.83. The topological polar surface area (TPSA) is 50.8 Å². The van der Waals surface area contributed by atoms with Gasteiger partial charge in [0.2, 0.25) is 5.91 Å². The van der Waals surface area contributed by atoms with Gasteiger partial charge in [0, 0.05) is 17.1 Å². The molecule has 0 heterocycles. The number of nitrogens with zero attached hydrogens (tertiary/aromatic N) is 1. The Balaban J connectivity index is 2.04. The largest absolute Gasteiger partial charge is 0.496 e. The molecule has 0 aliphatic heterocycles. The van der Waals surface area contributed by atoms with Gasteiger partial charge in [-0.1, -0.05) is 30.7 Å². The predicted molar refractivity (Wildman–Crippen MR) is 101 cm³/mol. The minimum absolute atomic E-state index is 0.104. The average Bonchev–Trinajstić information content (AvgIpc) is 2.61. The zero-order valence-electron chi connectivity index (χ0n) is 14.7. The normalized spacial score (nSPS) is 10.6. The van der Waals surface area contributed by atoms with Gasteiger partial charge in [-0.2, -0.15) is 0 Å². The van der Waals surface area contributed by atoms with Crippen LogP contribution in [0.3, 0.4) is 0 Å². The number of hydrogen-bond acceptors (Lipinski definition) is 4. The van der Waals surface area contributed by atoms with Crippen LogP contribution in [0.25, 0.3) is 0 Å². The van der Waals surface area contributed by atoms with Gasteiger partial charge in [0.15, 0.2) is 0 Å². The molecule has 1 amide bonds. The fraction of sp³-hybridized carbons (Fsp3) is 0.316. The summed E-state index contributed by atoms with van der Waals surface area (Å²) in [5, 5.41) is 3.53. The third kappa shape index (κ3) is 5.37. The fourth-order valence-corrected chi connectivity index (χ4v) is 2.73. The molecule has 0 fully saturated rings. The Labute approximate surface area is 153 Å². The number of amides is 1. The van der Waals surface area contributed by atoms with Crippen molar-refractivity contribution >= 4 is 23.2 Å². The Kier molecular flexibility index (Phi) is 7.10. The Morgan fingerprint density at radius 2 is 1.84 bits per heavy atom. The quantitative estimate of drug-likeness (QED) is 0.775. The van der Waals surface area contributed by atoms with Crippen molar-refractivity contribution in [2.24, 2.45) is 0 Å². The molecule has 25 heavy (non-hydrogen) atoms. The fourth-order valence-electron chi connectivity index (χ4n) is 2.53. The summed E-state index contributed by atoms with van der Waals surface area (Å²) in [5.41, 5.74) is 1.60. The highest BCUT2D eigenvalue weighted by Gasteiger charge is 2.14. The number of halogens is 1. The Bertz CT molecular complexity index is 722. The van der Waals surface area contributed by atoms with Crippen LogP contribution in [-0.4, -0.2) is 38.1 Å². The minimum atomic E-state index is -0.104. The Hall–Kier alpha value is -2.24. The summed E-state index contributed by atoms with van der Waals surface area (Å²) in [4.78, 5) is 14.4. The molecule has 0 spiro atoms. The van der Waals surface area contributed by atoms with E-state index in [0.29, 0.717) is 23.0 Å². The van der Waals surface area contributed by atoms with Crippen molar-refractivity contribution in [3.8, 4) is 11.5 Å². The lowest BCUT2D eigenvalue weighted by molar-refractivity contribution is -0.117. The van der Waals surface area contributed by atoms with Gasteiger partial charge < -0.3 is 14.8 Å². The second kappa shape index (κ2) is 9.30. The maximum atomic E-state index is 12.4. The number of methoxy groups -OCH3 is 2. The molecule has 0 bridgehead atoms. The van der Waals surface area contributed by atoms with Crippen LogP contribution in [0.1, 0.15) is 12.5 Å². The van der Waals surface area contributed by atoms with Gasteiger partial charge in [-0.25, -0.2) is 0 Å². The minimum Gasteiger partial charge on any atom is -0.496 e. The number of carbonyl (C=O) groups excluding carboxylic acids is 1. The Morgan fingerprint density at radius 1 is 1.12 bits per heavy atom. The molecule has 2 rings (SSSR count). The van der Waals surface area contributed by atoms with Gasteiger partial charge in [-0.05, 0) is 36.9 Å². The first-order valence-corrected chi connectivity index (χ1v) is 8.42. The number of benzene rings is 2. The molecule has 1 N–H and O–H groups in total. The molecule has 0 atom stereocenters. The van der Waals surface area contributed by atoms with Crippen molar-refractivity contribution < 1.29 is 14.3 Å². The first-order valence-electron chi connectivity index (χ1n) is 8.05. The lowest BCUT2D eigenvalue weighted by Gasteiger charge is -2.21. The van der Waals surface area contributed by atoms with Gasteiger partial charge in [0.1, 0.15) is 11.5 Å². The lowest BCUT2D eigenvalue weighted by Crippen LogP contribution is -2.33. The molecule has 6 heteroatoms. The molecule has 5 nitrogen and oxygen atoms in total. The molecule has 0 unspecified atom stereocenters. The van der Waals surface area contributed by atoms with E-state index in [2.05, 4.69) is 5.32 Å². The van der Waals surface area contributed by atoms with E-state index in [1.54, 1.807) is 20.3 Å². The average molecular weight is 363 g/mol. The van der Waals surface area contributed by atoms with Crippen LogP contribution in [0.4, 0.5) is 5.69 Å². The number of para-hydroxylation sites is 2. The number of ether oxygens (including phenoxy) is 2. The summed E-state index contributed by atoms with van der Waals surface area (Å²) in [6.45, 7) is 3.55. The van der Waals surface area contributed by atoms with E-state index in [-0.39, 0.29) is 12.5 Å². The molecular weight excluding hydrogens is 340 g/mol. The molecule has 0 radical (unpaired) electrons. The van der Waals surface area contributed by atoms with Crippen molar-refractivity contribution in [1.29, 1.82) is 0 Å². The van der Waals surface area contributed by atoms with Crippen LogP contribution >= 0.6 is 11.6 Å². The second-order valence-electron chi connectivity index (χ2n) is 5.51. The molecule has 2 aromatic rings. The molecule has 2 aromatic carbocycles. The van der Waals surface area contributed by atoms with E-state index in [9.17, 15) is 4.79 Å². The van der Waals surface area contributed by atoms with E-state index >= 15 is 0 Å². The van der Waals surface area contributed by atoms with E-state index in [0.717, 1.165) is 17.9 Å². The predicted octanol–water partition coefficient (Wildman–Crippen LogP) is 3.82. The number of likely N-dealkylation sites (N-methyl/N-ethyl adjacent to an activating group) is 1. The van der Waals surface area contributed by atoms with Crippen molar-refractivity contribution in [3.63, 3.8) is 0 Å². The first-order chi connectivity index (χ1) is 12.1. The number of hydrogen-bond donors (Lipinski definition) is 1.